The van der Waals surface area contributed by atoms with E-state index in [9.17, 15) is 14.9 Å². The molecule has 1 heterocycles. The summed E-state index contributed by atoms with van der Waals surface area (Å²) in [4.78, 5) is 30.7. The van der Waals surface area contributed by atoms with Crippen molar-refractivity contribution in [1.82, 2.24) is 9.88 Å². The van der Waals surface area contributed by atoms with Crippen molar-refractivity contribution in [2.75, 3.05) is 24.2 Å². The van der Waals surface area contributed by atoms with Crippen molar-refractivity contribution in [1.29, 1.82) is 5.26 Å². The van der Waals surface area contributed by atoms with Crippen LogP contribution in [0.3, 0.4) is 0 Å². The Kier molecular flexibility index (Phi) is 7.59. The maximum absolute atomic E-state index is 12.3. The number of aromatic nitrogens is 1. The smallest absolute Gasteiger partial charge is 0.253 e. The Morgan fingerprint density at radius 1 is 1.18 bits per heavy atom. The number of carbonyl (C=O) groups is 2. The van der Waals surface area contributed by atoms with Gasteiger partial charge in [-0.25, -0.2) is 4.98 Å². The molecule has 2 aromatic rings. The largest absolute Gasteiger partial charge is 0.339 e. The van der Waals surface area contributed by atoms with E-state index >= 15 is 0 Å². The van der Waals surface area contributed by atoms with Crippen LogP contribution in [0.4, 0.5) is 5.69 Å². The maximum atomic E-state index is 12.3. The van der Waals surface area contributed by atoms with Crippen molar-refractivity contribution < 1.29 is 9.59 Å². The van der Waals surface area contributed by atoms with Crippen LogP contribution in [0.1, 0.15) is 41.0 Å². The minimum Gasteiger partial charge on any atom is -0.339 e. The Morgan fingerprint density at radius 3 is 2.39 bits per heavy atom. The summed E-state index contributed by atoms with van der Waals surface area (Å²) < 4.78 is 0. The molecule has 0 radical (unpaired) electrons. The van der Waals surface area contributed by atoms with Crippen molar-refractivity contribution in [2.45, 2.75) is 32.7 Å². The van der Waals surface area contributed by atoms with Gasteiger partial charge in [-0.15, -0.1) is 0 Å². The van der Waals surface area contributed by atoms with E-state index in [0.717, 1.165) is 11.3 Å². The van der Waals surface area contributed by atoms with Gasteiger partial charge in [-0.05, 0) is 63.6 Å². The molecule has 0 unspecified atom stereocenters. The number of nitrogens with zero attached hydrogens (tertiary/aromatic N) is 3. The van der Waals surface area contributed by atoms with Crippen molar-refractivity contribution in [2.24, 2.45) is 0 Å². The van der Waals surface area contributed by atoms with Gasteiger partial charge >= 0.3 is 0 Å². The van der Waals surface area contributed by atoms with Gasteiger partial charge in [-0.3, -0.25) is 9.59 Å². The zero-order valence-corrected chi connectivity index (χ0v) is 17.4. The molecule has 6 nitrogen and oxygen atoms in total. The molecule has 2 amide bonds. The molecule has 0 saturated heterocycles. The first-order valence-corrected chi connectivity index (χ1v) is 10.1. The number of hydrogen-bond acceptors (Lipinski definition) is 5. The van der Waals surface area contributed by atoms with Gasteiger partial charge in [0.25, 0.3) is 5.91 Å². The van der Waals surface area contributed by atoms with Crippen LogP contribution in [0.5, 0.6) is 0 Å². The number of pyridine rings is 1. The number of aryl methyl sites for hydroxylation is 2. The molecular formula is C21H24N4O2S. The van der Waals surface area contributed by atoms with Crippen molar-refractivity contribution in [3.63, 3.8) is 0 Å². The number of nitriles is 1. The second-order valence-electron chi connectivity index (χ2n) is 6.26. The Labute approximate surface area is 170 Å². The molecule has 28 heavy (non-hydrogen) atoms. The van der Waals surface area contributed by atoms with E-state index in [-0.39, 0.29) is 17.6 Å². The molecule has 0 bridgehead atoms. The van der Waals surface area contributed by atoms with E-state index in [1.54, 1.807) is 29.2 Å². The third-order valence-corrected chi connectivity index (χ3v) is 5.20. The van der Waals surface area contributed by atoms with Crippen LogP contribution in [0, 0.1) is 25.2 Å². The molecule has 0 spiro atoms. The topological polar surface area (TPSA) is 86.1 Å². The molecule has 0 saturated carbocycles. The Balaban J connectivity index is 1.99. The van der Waals surface area contributed by atoms with Gasteiger partial charge < -0.3 is 10.2 Å². The molecule has 0 atom stereocenters. The highest BCUT2D eigenvalue weighted by Gasteiger charge is 2.14. The van der Waals surface area contributed by atoms with Gasteiger partial charge in [-0.1, -0.05) is 11.8 Å². The van der Waals surface area contributed by atoms with Gasteiger partial charge in [-0.2, -0.15) is 5.26 Å². The summed E-state index contributed by atoms with van der Waals surface area (Å²) in [6.07, 6.45) is 0. The number of carbonyl (C=O) groups excluding carboxylic acids is 2. The number of amides is 2. The summed E-state index contributed by atoms with van der Waals surface area (Å²) in [5.41, 5.74) is 3.38. The van der Waals surface area contributed by atoms with E-state index in [2.05, 4.69) is 16.4 Å². The highest BCUT2D eigenvalue weighted by atomic mass is 32.2. The molecule has 2 rings (SSSR count). The summed E-state index contributed by atoms with van der Waals surface area (Å²) in [7, 11) is 0. The first-order valence-electron chi connectivity index (χ1n) is 9.09. The van der Waals surface area contributed by atoms with Gasteiger partial charge in [0, 0.05) is 30.0 Å². The maximum Gasteiger partial charge on any atom is 0.253 e. The van der Waals surface area contributed by atoms with E-state index in [4.69, 9.17) is 0 Å². The lowest BCUT2D eigenvalue weighted by atomic mass is 10.1. The average Bonchev–Trinajstić information content (AvgIpc) is 2.67. The summed E-state index contributed by atoms with van der Waals surface area (Å²) in [5, 5.41) is 12.7. The van der Waals surface area contributed by atoms with Crippen LogP contribution in [-0.2, 0) is 4.79 Å². The molecule has 146 valence electrons. The number of thioether (sulfide) groups is 1. The van der Waals surface area contributed by atoms with Crippen molar-refractivity contribution in [3.8, 4) is 6.07 Å². The Hall–Kier alpha value is -2.85. The van der Waals surface area contributed by atoms with Crippen LogP contribution < -0.4 is 5.32 Å². The molecule has 1 aromatic heterocycles. The Bertz CT molecular complexity index is 900. The third kappa shape index (κ3) is 5.33. The molecule has 7 heteroatoms. The van der Waals surface area contributed by atoms with Crippen LogP contribution >= 0.6 is 11.8 Å². The molecule has 0 aliphatic heterocycles. The zero-order chi connectivity index (χ0) is 20.7. The predicted octanol–water partition coefficient (Wildman–Crippen LogP) is 3.78. The summed E-state index contributed by atoms with van der Waals surface area (Å²) in [6, 6.07) is 10.9. The van der Waals surface area contributed by atoms with Gasteiger partial charge in [0.1, 0.15) is 11.1 Å². The lowest BCUT2D eigenvalue weighted by Crippen LogP contribution is -2.30. The van der Waals surface area contributed by atoms with Crippen LogP contribution in [0.25, 0.3) is 0 Å². The lowest BCUT2D eigenvalue weighted by molar-refractivity contribution is -0.113. The number of anilines is 1. The van der Waals surface area contributed by atoms with Crippen molar-refractivity contribution in [3.05, 3.63) is 52.7 Å². The number of nitrogens with one attached hydrogen (secondary N) is 1. The highest BCUT2D eigenvalue weighted by molar-refractivity contribution is 8.00. The van der Waals surface area contributed by atoms with E-state index in [1.165, 1.54) is 11.8 Å². The normalized spacial score (nSPS) is 10.2. The molecule has 0 aliphatic carbocycles. The SMILES string of the molecule is CCN(CC)C(=O)c1ccc(NC(=O)CSc2nc(C)cc(C)c2C#N)cc1. The van der Waals surface area contributed by atoms with Crippen LogP contribution in [-0.4, -0.2) is 40.5 Å². The summed E-state index contributed by atoms with van der Waals surface area (Å²) in [6.45, 7) is 8.91. The highest BCUT2D eigenvalue weighted by Crippen LogP contribution is 2.23. The fourth-order valence-corrected chi connectivity index (χ4v) is 3.66. The minimum atomic E-state index is -0.197. The van der Waals surface area contributed by atoms with Crippen LogP contribution in [0.2, 0.25) is 0 Å². The molecular weight excluding hydrogens is 372 g/mol. The summed E-state index contributed by atoms with van der Waals surface area (Å²) >= 11 is 1.24. The van der Waals surface area contributed by atoms with Gasteiger partial charge in [0.15, 0.2) is 0 Å². The average molecular weight is 397 g/mol. The molecule has 1 N–H and O–H groups in total. The second kappa shape index (κ2) is 9.90. The third-order valence-electron chi connectivity index (χ3n) is 4.23. The number of hydrogen-bond donors (Lipinski definition) is 1. The lowest BCUT2D eigenvalue weighted by Gasteiger charge is -2.18. The van der Waals surface area contributed by atoms with Gasteiger partial charge in [0.2, 0.25) is 5.91 Å². The quantitative estimate of drug-likeness (QED) is 0.720. The molecule has 1 aromatic carbocycles. The standard InChI is InChI=1S/C21H24N4O2S/c1-5-25(6-2)21(27)16-7-9-17(10-8-16)24-19(26)13-28-20-18(12-22)14(3)11-15(4)23-20/h7-11H,5-6,13H2,1-4H3,(H,24,26). The minimum absolute atomic E-state index is 0.0247. The fourth-order valence-electron chi connectivity index (χ4n) is 2.76. The zero-order valence-electron chi connectivity index (χ0n) is 16.6. The predicted molar refractivity (Wildman–Crippen MR) is 111 cm³/mol. The number of rotatable bonds is 7. The first kappa shape index (κ1) is 21.5. The number of benzene rings is 1. The monoisotopic (exact) mass is 396 g/mol. The van der Waals surface area contributed by atoms with Crippen molar-refractivity contribution >= 4 is 29.3 Å². The fraction of sp³-hybridized carbons (Fsp3) is 0.333. The van der Waals surface area contributed by atoms with E-state index in [1.807, 2.05) is 33.8 Å². The molecule has 0 fully saturated rings. The van der Waals surface area contributed by atoms with Gasteiger partial charge in [0.05, 0.1) is 11.3 Å². The Morgan fingerprint density at radius 2 is 1.82 bits per heavy atom. The summed E-state index contributed by atoms with van der Waals surface area (Å²) in [5.74, 6) is -0.0777. The molecule has 0 aliphatic rings. The second-order valence-corrected chi connectivity index (χ2v) is 7.23. The van der Waals surface area contributed by atoms with E-state index in [0.29, 0.717) is 34.9 Å². The van der Waals surface area contributed by atoms with E-state index < -0.39 is 0 Å². The first-order chi connectivity index (χ1) is 13.4. The van der Waals surface area contributed by atoms with Crippen LogP contribution in [0.15, 0.2) is 35.4 Å².